The highest BCUT2D eigenvalue weighted by Crippen LogP contribution is 2.23. The van der Waals surface area contributed by atoms with Crippen LogP contribution in [0.1, 0.15) is 6.42 Å². The first-order valence-electron chi connectivity index (χ1n) is 5.84. The van der Waals surface area contributed by atoms with Crippen molar-refractivity contribution in [1.29, 1.82) is 0 Å². The Morgan fingerprint density at radius 1 is 1.61 bits per heavy atom. The summed E-state index contributed by atoms with van der Waals surface area (Å²) in [4.78, 5) is 4.27. The van der Waals surface area contributed by atoms with Crippen molar-refractivity contribution in [2.75, 3.05) is 32.2 Å². The number of nitrogens with zero attached hydrogens (tertiary/aromatic N) is 4. The molecule has 1 aliphatic heterocycles. The van der Waals surface area contributed by atoms with Gasteiger partial charge in [-0.1, -0.05) is 0 Å². The molecule has 0 amide bonds. The van der Waals surface area contributed by atoms with Crippen LogP contribution in [-0.2, 0) is 9.47 Å². The molecule has 18 heavy (non-hydrogen) atoms. The fraction of sp³-hybridized carbons (Fsp3) is 0.545. The number of hydrogen-bond donors (Lipinski definition) is 1. The van der Waals surface area contributed by atoms with Crippen LogP contribution in [0.2, 0.25) is 0 Å². The van der Waals surface area contributed by atoms with Crippen LogP contribution >= 0.6 is 0 Å². The highest BCUT2D eigenvalue weighted by molar-refractivity contribution is 5.61. The zero-order chi connectivity index (χ0) is 12.4. The molecule has 7 heteroatoms. The molecule has 1 atom stereocenters. The van der Waals surface area contributed by atoms with E-state index in [-0.39, 0.29) is 5.60 Å². The highest BCUT2D eigenvalue weighted by Gasteiger charge is 2.34. The molecule has 0 bridgehead atoms. The summed E-state index contributed by atoms with van der Waals surface area (Å²) in [7, 11) is 1.71. The van der Waals surface area contributed by atoms with Crippen molar-refractivity contribution in [2.24, 2.45) is 0 Å². The van der Waals surface area contributed by atoms with Crippen LogP contribution in [0.3, 0.4) is 0 Å². The summed E-state index contributed by atoms with van der Waals surface area (Å²) in [5.41, 5.74) is 0.441. The topological polar surface area (TPSA) is 73.6 Å². The van der Waals surface area contributed by atoms with E-state index in [1.165, 1.54) is 0 Å². The number of rotatable bonds is 4. The number of ether oxygens (including phenoxy) is 2. The molecule has 0 spiro atoms. The van der Waals surface area contributed by atoms with E-state index in [9.17, 15) is 0 Å². The SMILES string of the molecule is COC1(CNc2nccn3cnnc23)CCOC1. The smallest absolute Gasteiger partial charge is 0.203 e. The normalized spacial score (nSPS) is 23.6. The molecule has 3 heterocycles. The number of aromatic nitrogens is 4. The lowest BCUT2D eigenvalue weighted by molar-refractivity contribution is -0.00623. The van der Waals surface area contributed by atoms with Gasteiger partial charge in [-0.15, -0.1) is 10.2 Å². The summed E-state index contributed by atoms with van der Waals surface area (Å²) in [6.45, 7) is 1.98. The molecule has 2 aromatic rings. The summed E-state index contributed by atoms with van der Waals surface area (Å²) in [5.74, 6) is 0.707. The molecule has 0 aromatic carbocycles. The van der Waals surface area contributed by atoms with E-state index in [2.05, 4.69) is 20.5 Å². The van der Waals surface area contributed by atoms with Gasteiger partial charge in [0.15, 0.2) is 5.82 Å². The van der Waals surface area contributed by atoms with Crippen molar-refractivity contribution in [3.05, 3.63) is 18.7 Å². The molecule has 2 aromatic heterocycles. The summed E-state index contributed by atoms with van der Waals surface area (Å²) in [6, 6.07) is 0. The summed E-state index contributed by atoms with van der Waals surface area (Å²) in [6.07, 6.45) is 6.05. The lowest BCUT2D eigenvalue weighted by Gasteiger charge is -2.26. The first-order chi connectivity index (χ1) is 8.83. The molecule has 7 nitrogen and oxygen atoms in total. The molecule has 1 fully saturated rings. The molecule has 1 saturated heterocycles. The molecule has 0 aliphatic carbocycles. The Morgan fingerprint density at radius 3 is 3.33 bits per heavy atom. The van der Waals surface area contributed by atoms with Gasteiger partial charge in [-0.05, 0) is 0 Å². The fourth-order valence-electron chi connectivity index (χ4n) is 2.09. The maximum absolute atomic E-state index is 5.56. The third-order valence-electron chi connectivity index (χ3n) is 3.29. The quantitative estimate of drug-likeness (QED) is 0.842. The first kappa shape index (κ1) is 11.4. The lowest BCUT2D eigenvalue weighted by atomic mass is 10.0. The standard InChI is InChI=1S/C11H15N5O2/c1-17-11(2-5-18-7-11)6-13-9-10-15-14-8-16(10)4-3-12-9/h3-4,8H,2,5-7H2,1H3,(H,12,13). The van der Waals surface area contributed by atoms with E-state index in [0.717, 1.165) is 13.0 Å². The van der Waals surface area contributed by atoms with Crippen LogP contribution in [0.15, 0.2) is 18.7 Å². The third kappa shape index (κ3) is 1.91. The second-order valence-electron chi connectivity index (χ2n) is 4.38. The van der Waals surface area contributed by atoms with Crippen LogP contribution in [-0.4, -0.2) is 52.1 Å². The molecule has 3 rings (SSSR count). The van der Waals surface area contributed by atoms with Gasteiger partial charge in [0.25, 0.3) is 0 Å². The first-order valence-corrected chi connectivity index (χ1v) is 5.84. The Kier molecular flexibility index (Phi) is 2.85. The lowest BCUT2D eigenvalue weighted by Crippen LogP contribution is -2.39. The van der Waals surface area contributed by atoms with Crippen molar-refractivity contribution in [3.63, 3.8) is 0 Å². The van der Waals surface area contributed by atoms with Crippen molar-refractivity contribution in [1.82, 2.24) is 19.6 Å². The summed E-state index contributed by atoms with van der Waals surface area (Å²) < 4.78 is 12.8. The van der Waals surface area contributed by atoms with Crippen LogP contribution in [0.25, 0.3) is 5.65 Å². The van der Waals surface area contributed by atoms with Gasteiger partial charge in [0, 0.05) is 39.1 Å². The zero-order valence-electron chi connectivity index (χ0n) is 10.2. The van der Waals surface area contributed by atoms with Gasteiger partial charge in [-0.3, -0.25) is 4.40 Å². The highest BCUT2D eigenvalue weighted by atomic mass is 16.5. The van der Waals surface area contributed by atoms with Gasteiger partial charge in [0.2, 0.25) is 5.65 Å². The number of fused-ring (bicyclic) bond motifs is 1. The van der Waals surface area contributed by atoms with Gasteiger partial charge < -0.3 is 14.8 Å². The molecule has 0 saturated carbocycles. The zero-order valence-corrected chi connectivity index (χ0v) is 10.2. The third-order valence-corrected chi connectivity index (χ3v) is 3.29. The Labute approximate surface area is 104 Å². The van der Waals surface area contributed by atoms with Gasteiger partial charge >= 0.3 is 0 Å². The number of hydrogen-bond acceptors (Lipinski definition) is 6. The van der Waals surface area contributed by atoms with Crippen molar-refractivity contribution >= 4 is 11.5 Å². The molecular weight excluding hydrogens is 234 g/mol. The molecular formula is C11H15N5O2. The van der Waals surface area contributed by atoms with Gasteiger partial charge in [-0.25, -0.2) is 4.98 Å². The van der Waals surface area contributed by atoms with Crippen molar-refractivity contribution in [3.8, 4) is 0 Å². The second kappa shape index (κ2) is 4.51. The van der Waals surface area contributed by atoms with Gasteiger partial charge in [0.1, 0.15) is 11.9 Å². The van der Waals surface area contributed by atoms with Crippen LogP contribution in [0.4, 0.5) is 5.82 Å². The predicted molar refractivity (Wildman–Crippen MR) is 64.4 cm³/mol. The molecule has 1 aliphatic rings. The maximum Gasteiger partial charge on any atom is 0.203 e. The molecule has 96 valence electrons. The van der Waals surface area contributed by atoms with Crippen molar-refractivity contribution < 1.29 is 9.47 Å². The van der Waals surface area contributed by atoms with Gasteiger partial charge in [-0.2, -0.15) is 0 Å². The minimum Gasteiger partial charge on any atom is -0.378 e. The average Bonchev–Trinajstić information content (AvgIpc) is 3.06. The summed E-state index contributed by atoms with van der Waals surface area (Å²) in [5, 5.41) is 11.2. The summed E-state index contributed by atoms with van der Waals surface area (Å²) >= 11 is 0. The van der Waals surface area contributed by atoms with Crippen LogP contribution in [0.5, 0.6) is 0 Å². The Hall–Kier alpha value is -1.73. The van der Waals surface area contributed by atoms with E-state index in [1.54, 1.807) is 19.6 Å². The van der Waals surface area contributed by atoms with E-state index >= 15 is 0 Å². The Morgan fingerprint density at radius 2 is 2.56 bits per heavy atom. The number of anilines is 1. The Balaban J connectivity index is 1.78. The monoisotopic (exact) mass is 249 g/mol. The average molecular weight is 249 g/mol. The Bertz CT molecular complexity index is 535. The number of nitrogens with one attached hydrogen (secondary N) is 1. The van der Waals surface area contributed by atoms with Crippen LogP contribution in [0, 0.1) is 0 Å². The van der Waals surface area contributed by atoms with E-state index < -0.39 is 0 Å². The number of methoxy groups -OCH3 is 1. The molecule has 0 radical (unpaired) electrons. The van der Waals surface area contributed by atoms with E-state index in [0.29, 0.717) is 24.6 Å². The van der Waals surface area contributed by atoms with Crippen molar-refractivity contribution in [2.45, 2.75) is 12.0 Å². The maximum atomic E-state index is 5.56. The minimum atomic E-state index is -0.269. The predicted octanol–water partition coefficient (Wildman–Crippen LogP) is 0.342. The van der Waals surface area contributed by atoms with E-state index in [1.807, 2.05) is 10.6 Å². The minimum absolute atomic E-state index is 0.269. The fourth-order valence-corrected chi connectivity index (χ4v) is 2.09. The second-order valence-corrected chi connectivity index (χ2v) is 4.38. The van der Waals surface area contributed by atoms with Crippen LogP contribution < -0.4 is 5.32 Å². The molecule has 1 unspecified atom stereocenters. The molecule has 1 N–H and O–H groups in total. The van der Waals surface area contributed by atoms with E-state index in [4.69, 9.17) is 9.47 Å². The van der Waals surface area contributed by atoms with Gasteiger partial charge in [0.05, 0.1) is 6.61 Å². The largest absolute Gasteiger partial charge is 0.378 e.